The van der Waals surface area contributed by atoms with Crippen molar-refractivity contribution in [2.45, 2.75) is 77.8 Å². The summed E-state index contributed by atoms with van der Waals surface area (Å²) in [6.45, 7) is 7.36. The van der Waals surface area contributed by atoms with Crippen LogP contribution < -0.4 is 0 Å². The first-order valence-corrected chi connectivity index (χ1v) is 6.77. The molecule has 2 aliphatic heterocycles. The van der Waals surface area contributed by atoms with Gasteiger partial charge in [0.05, 0.1) is 24.4 Å². The van der Waals surface area contributed by atoms with Crippen LogP contribution in [-0.4, -0.2) is 36.0 Å². The maximum absolute atomic E-state index is 10.5. The van der Waals surface area contributed by atoms with Crippen LogP contribution >= 0.6 is 0 Å². The van der Waals surface area contributed by atoms with E-state index in [-0.39, 0.29) is 23.8 Å². The van der Waals surface area contributed by atoms with Gasteiger partial charge in [-0.15, -0.1) is 0 Å². The zero-order valence-electron chi connectivity index (χ0n) is 11.8. The van der Waals surface area contributed by atoms with Crippen molar-refractivity contribution in [3.63, 3.8) is 0 Å². The lowest BCUT2D eigenvalue weighted by molar-refractivity contribution is -0.118. The summed E-state index contributed by atoms with van der Waals surface area (Å²) in [5, 5.41) is 0. The second kappa shape index (κ2) is 7.00. The molecule has 0 N–H and O–H groups in total. The van der Waals surface area contributed by atoms with Gasteiger partial charge in [-0.25, -0.2) is 0 Å². The zero-order valence-corrected chi connectivity index (χ0v) is 11.8. The van der Waals surface area contributed by atoms with Crippen molar-refractivity contribution in [3.05, 3.63) is 0 Å². The van der Waals surface area contributed by atoms with E-state index in [4.69, 9.17) is 9.47 Å². The number of hydrogen-bond donors (Lipinski definition) is 0. The highest BCUT2D eigenvalue weighted by Crippen LogP contribution is 2.28. The minimum atomic E-state index is 0.232. The first-order valence-electron chi connectivity index (χ1n) is 6.77. The molecule has 2 heterocycles. The van der Waals surface area contributed by atoms with Crippen LogP contribution in [0.4, 0.5) is 0 Å². The molecule has 0 aromatic carbocycles. The fourth-order valence-electron chi connectivity index (χ4n) is 2.00. The number of ketones is 2. The monoisotopic (exact) mass is 256 g/mol. The van der Waals surface area contributed by atoms with Crippen LogP contribution in [0, 0.1) is 0 Å². The van der Waals surface area contributed by atoms with Crippen molar-refractivity contribution in [3.8, 4) is 0 Å². The SMILES string of the molecule is CCC1OC1CC(C)=O.CCC1OC1CC(C)=O. The molecule has 0 amide bonds. The predicted octanol–water partition coefficient (Wildman–Crippen LogP) is 2.29. The molecule has 4 atom stereocenters. The normalized spacial score (nSPS) is 32.2. The van der Waals surface area contributed by atoms with Gasteiger partial charge in [-0.05, 0) is 26.7 Å². The molecule has 18 heavy (non-hydrogen) atoms. The Balaban J connectivity index is 0.000000180. The minimum Gasteiger partial charge on any atom is -0.369 e. The summed E-state index contributed by atoms with van der Waals surface area (Å²) in [7, 11) is 0. The summed E-state index contributed by atoms with van der Waals surface area (Å²) < 4.78 is 10.3. The van der Waals surface area contributed by atoms with Gasteiger partial charge in [-0.3, -0.25) is 9.59 Å². The maximum atomic E-state index is 10.5. The van der Waals surface area contributed by atoms with E-state index >= 15 is 0 Å². The Labute approximate surface area is 109 Å². The third-order valence-corrected chi connectivity index (χ3v) is 3.16. The number of Topliss-reactive ketones (excluding diaryl/α,β-unsaturated/α-hetero) is 2. The number of hydrogen-bond acceptors (Lipinski definition) is 4. The van der Waals surface area contributed by atoms with Crippen molar-refractivity contribution in [2.24, 2.45) is 0 Å². The van der Waals surface area contributed by atoms with E-state index in [1.807, 2.05) is 0 Å². The van der Waals surface area contributed by atoms with Gasteiger partial charge >= 0.3 is 0 Å². The highest BCUT2D eigenvalue weighted by atomic mass is 16.6. The lowest BCUT2D eigenvalue weighted by Gasteiger charge is -1.84. The average molecular weight is 256 g/mol. The summed E-state index contributed by atoms with van der Waals surface area (Å²) in [4.78, 5) is 21.0. The molecule has 0 aromatic heterocycles. The number of carbonyl (C=O) groups excluding carboxylic acids is 2. The molecule has 0 aromatic rings. The Hall–Kier alpha value is -0.740. The highest BCUT2D eigenvalue weighted by molar-refractivity contribution is 5.76. The van der Waals surface area contributed by atoms with E-state index in [1.54, 1.807) is 13.8 Å². The van der Waals surface area contributed by atoms with Crippen LogP contribution in [0.5, 0.6) is 0 Å². The van der Waals surface area contributed by atoms with E-state index < -0.39 is 0 Å². The minimum absolute atomic E-state index is 0.232. The van der Waals surface area contributed by atoms with Gasteiger partial charge < -0.3 is 9.47 Å². The predicted molar refractivity (Wildman–Crippen MR) is 68.5 cm³/mol. The van der Waals surface area contributed by atoms with Crippen LogP contribution in [-0.2, 0) is 19.1 Å². The van der Waals surface area contributed by atoms with Gasteiger partial charge in [0, 0.05) is 12.8 Å². The number of epoxide rings is 2. The summed E-state index contributed by atoms with van der Waals surface area (Å²) in [6, 6.07) is 0. The highest BCUT2D eigenvalue weighted by Gasteiger charge is 2.37. The van der Waals surface area contributed by atoms with Crippen LogP contribution in [0.15, 0.2) is 0 Å². The van der Waals surface area contributed by atoms with E-state index in [1.165, 1.54) is 0 Å². The maximum Gasteiger partial charge on any atom is 0.132 e. The molecule has 2 saturated heterocycles. The third kappa shape index (κ3) is 5.74. The van der Waals surface area contributed by atoms with Gasteiger partial charge in [0.2, 0.25) is 0 Å². The lowest BCUT2D eigenvalue weighted by atomic mass is 10.2. The van der Waals surface area contributed by atoms with Crippen molar-refractivity contribution in [1.29, 1.82) is 0 Å². The standard InChI is InChI=1S/2C7H12O2/c2*1-3-6-7(9-6)4-5(2)8/h2*6-7H,3-4H2,1-2H3. The summed E-state index contributed by atoms with van der Waals surface area (Å²) in [5.41, 5.74) is 0. The van der Waals surface area contributed by atoms with E-state index in [0.29, 0.717) is 25.0 Å². The lowest BCUT2D eigenvalue weighted by Crippen LogP contribution is -1.99. The number of rotatable bonds is 6. The summed E-state index contributed by atoms with van der Waals surface area (Å²) in [5.74, 6) is 0.465. The second-order valence-corrected chi connectivity index (χ2v) is 5.05. The summed E-state index contributed by atoms with van der Waals surface area (Å²) >= 11 is 0. The Morgan fingerprint density at radius 1 is 0.778 bits per heavy atom. The van der Waals surface area contributed by atoms with Crippen LogP contribution in [0.2, 0.25) is 0 Å². The van der Waals surface area contributed by atoms with E-state index in [2.05, 4.69) is 13.8 Å². The molecule has 4 heteroatoms. The Morgan fingerprint density at radius 2 is 1.11 bits per heavy atom. The largest absolute Gasteiger partial charge is 0.369 e. The molecule has 0 spiro atoms. The third-order valence-electron chi connectivity index (χ3n) is 3.16. The van der Waals surface area contributed by atoms with Crippen molar-refractivity contribution in [2.75, 3.05) is 0 Å². The number of ether oxygens (including phenoxy) is 2. The van der Waals surface area contributed by atoms with E-state index in [0.717, 1.165) is 12.8 Å². The molecule has 0 aliphatic carbocycles. The Morgan fingerprint density at radius 3 is 1.28 bits per heavy atom. The molecule has 104 valence electrons. The molecule has 0 saturated carbocycles. The molecule has 4 unspecified atom stereocenters. The van der Waals surface area contributed by atoms with Crippen molar-refractivity contribution >= 4 is 11.6 Å². The van der Waals surface area contributed by atoms with Crippen LogP contribution in [0.25, 0.3) is 0 Å². The van der Waals surface area contributed by atoms with Gasteiger partial charge in [-0.1, -0.05) is 13.8 Å². The van der Waals surface area contributed by atoms with E-state index in [9.17, 15) is 9.59 Å². The fraction of sp³-hybridized carbons (Fsp3) is 0.857. The van der Waals surface area contributed by atoms with Gasteiger partial charge in [-0.2, -0.15) is 0 Å². The Bertz CT molecular complexity index is 270. The molecular formula is C14H24O4. The first-order chi connectivity index (χ1) is 8.47. The number of carbonyl (C=O) groups is 2. The molecule has 4 nitrogen and oxygen atoms in total. The fourth-order valence-corrected chi connectivity index (χ4v) is 2.00. The molecule has 0 bridgehead atoms. The quantitative estimate of drug-likeness (QED) is 0.684. The average Bonchev–Trinajstić information content (AvgIpc) is 3.15. The Kier molecular flexibility index (Phi) is 5.96. The second-order valence-electron chi connectivity index (χ2n) is 5.05. The molecular weight excluding hydrogens is 232 g/mol. The zero-order chi connectivity index (χ0) is 13.7. The summed E-state index contributed by atoms with van der Waals surface area (Å²) in [6.07, 6.45) is 4.58. The van der Waals surface area contributed by atoms with Crippen molar-refractivity contribution in [1.82, 2.24) is 0 Å². The van der Waals surface area contributed by atoms with Crippen molar-refractivity contribution < 1.29 is 19.1 Å². The van der Waals surface area contributed by atoms with Gasteiger partial charge in [0.1, 0.15) is 11.6 Å². The van der Waals surface area contributed by atoms with Gasteiger partial charge in [0.15, 0.2) is 0 Å². The smallest absolute Gasteiger partial charge is 0.132 e. The van der Waals surface area contributed by atoms with Gasteiger partial charge in [0.25, 0.3) is 0 Å². The van der Waals surface area contributed by atoms with Crippen LogP contribution in [0.3, 0.4) is 0 Å². The molecule has 0 radical (unpaired) electrons. The first kappa shape index (κ1) is 15.3. The molecule has 2 aliphatic rings. The molecule has 2 fully saturated rings. The molecule has 2 rings (SSSR count). The van der Waals surface area contributed by atoms with Crippen LogP contribution in [0.1, 0.15) is 53.4 Å². The topological polar surface area (TPSA) is 59.2 Å².